The summed E-state index contributed by atoms with van der Waals surface area (Å²) >= 11 is 0. The monoisotopic (exact) mass is 159 g/mol. The number of methoxy groups -OCH3 is 1. The number of Topliss-reactive ketones (excluding diaryl/α,β-unsaturated/α-hetero) is 1. The number of nitrogens with one attached hydrogen (secondary N) is 1. The Balaban J connectivity index is 3.46. The molecule has 0 amide bonds. The molecule has 1 N–H and O–H groups in total. The lowest BCUT2D eigenvalue weighted by molar-refractivity contribution is -0.121. The molecule has 0 aromatic heterocycles. The molecule has 66 valence electrons. The van der Waals surface area contributed by atoms with Crippen LogP contribution < -0.4 is 5.32 Å². The van der Waals surface area contributed by atoms with Crippen molar-refractivity contribution in [3.8, 4) is 0 Å². The van der Waals surface area contributed by atoms with E-state index in [0.717, 1.165) is 6.42 Å². The molecule has 0 fully saturated rings. The second-order valence-corrected chi connectivity index (χ2v) is 2.68. The summed E-state index contributed by atoms with van der Waals surface area (Å²) < 4.78 is 4.87. The van der Waals surface area contributed by atoms with Gasteiger partial charge >= 0.3 is 0 Å². The van der Waals surface area contributed by atoms with Crippen LogP contribution in [0.25, 0.3) is 0 Å². The van der Waals surface area contributed by atoms with Crippen LogP contribution in [-0.4, -0.2) is 33.1 Å². The second kappa shape index (κ2) is 6.31. The average Bonchev–Trinajstić information content (AvgIpc) is 2.00. The number of hydrogen-bond donors (Lipinski definition) is 1. The molecule has 0 heterocycles. The average molecular weight is 159 g/mol. The van der Waals surface area contributed by atoms with Gasteiger partial charge in [0.05, 0.1) is 6.54 Å². The van der Waals surface area contributed by atoms with Crippen molar-refractivity contribution < 1.29 is 9.53 Å². The smallest absolute Gasteiger partial charge is 0.149 e. The maximum atomic E-state index is 11.1. The van der Waals surface area contributed by atoms with E-state index >= 15 is 0 Å². The van der Waals surface area contributed by atoms with Crippen molar-refractivity contribution in [2.24, 2.45) is 5.92 Å². The molecule has 0 aromatic rings. The van der Waals surface area contributed by atoms with Gasteiger partial charge in [-0.2, -0.15) is 0 Å². The number of hydrogen-bond acceptors (Lipinski definition) is 3. The Kier molecular flexibility index (Phi) is 6.07. The largest absolute Gasteiger partial charge is 0.385 e. The minimum Gasteiger partial charge on any atom is -0.385 e. The van der Waals surface area contributed by atoms with Crippen LogP contribution in [0.15, 0.2) is 0 Å². The van der Waals surface area contributed by atoms with E-state index in [1.54, 1.807) is 14.2 Å². The molecule has 1 unspecified atom stereocenters. The summed E-state index contributed by atoms with van der Waals surface area (Å²) in [7, 11) is 3.43. The van der Waals surface area contributed by atoms with Crippen LogP contribution >= 0.6 is 0 Å². The van der Waals surface area contributed by atoms with Crippen molar-refractivity contribution in [2.75, 3.05) is 27.3 Å². The van der Waals surface area contributed by atoms with Gasteiger partial charge in [-0.15, -0.1) is 0 Å². The van der Waals surface area contributed by atoms with Gasteiger partial charge in [0.15, 0.2) is 0 Å². The Morgan fingerprint density at radius 3 is 2.73 bits per heavy atom. The first-order chi connectivity index (χ1) is 5.22. The van der Waals surface area contributed by atoms with Gasteiger partial charge in [0.25, 0.3) is 0 Å². The maximum absolute atomic E-state index is 11.1. The summed E-state index contributed by atoms with van der Waals surface area (Å²) in [6.45, 7) is 3.06. The Bertz CT molecular complexity index is 115. The highest BCUT2D eigenvalue weighted by atomic mass is 16.5. The minimum atomic E-state index is 0.113. The quantitative estimate of drug-likeness (QED) is 0.611. The van der Waals surface area contributed by atoms with Crippen LogP contribution in [0.1, 0.15) is 13.3 Å². The molecule has 0 rings (SSSR count). The minimum absolute atomic E-state index is 0.113. The van der Waals surface area contributed by atoms with E-state index < -0.39 is 0 Å². The van der Waals surface area contributed by atoms with E-state index in [1.807, 2.05) is 6.92 Å². The lowest BCUT2D eigenvalue weighted by Crippen LogP contribution is -2.24. The first-order valence-electron chi connectivity index (χ1n) is 3.88. The van der Waals surface area contributed by atoms with E-state index in [4.69, 9.17) is 4.74 Å². The third kappa shape index (κ3) is 4.93. The van der Waals surface area contributed by atoms with Crippen LogP contribution in [-0.2, 0) is 9.53 Å². The molecule has 0 aromatic carbocycles. The van der Waals surface area contributed by atoms with Crippen molar-refractivity contribution >= 4 is 5.78 Å². The summed E-state index contributed by atoms with van der Waals surface area (Å²) in [5.74, 6) is 0.368. The van der Waals surface area contributed by atoms with Crippen molar-refractivity contribution in [1.29, 1.82) is 0 Å². The van der Waals surface area contributed by atoms with Gasteiger partial charge < -0.3 is 10.1 Å². The fourth-order valence-corrected chi connectivity index (χ4v) is 0.804. The Labute approximate surface area is 68.1 Å². The van der Waals surface area contributed by atoms with Gasteiger partial charge in [-0.1, -0.05) is 6.92 Å². The number of carbonyl (C=O) groups excluding carboxylic acids is 1. The topological polar surface area (TPSA) is 38.3 Å². The molecule has 0 bridgehead atoms. The van der Waals surface area contributed by atoms with Gasteiger partial charge in [0.1, 0.15) is 5.78 Å². The van der Waals surface area contributed by atoms with E-state index in [0.29, 0.717) is 13.2 Å². The molecule has 1 atom stereocenters. The summed E-state index contributed by atoms with van der Waals surface area (Å²) in [5.41, 5.74) is 0. The third-order valence-electron chi connectivity index (χ3n) is 1.66. The zero-order valence-electron chi connectivity index (χ0n) is 7.52. The molecule has 0 aliphatic carbocycles. The van der Waals surface area contributed by atoms with Crippen LogP contribution in [0.5, 0.6) is 0 Å². The summed E-state index contributed by atoms with van der Waals surface area (Å²) in [5, 5.41) is 2.83. The second-order valence-electron chi connectivity index (χ2n) is 2.68. The van der Waals surface area contributed by atoms with Gasteiger partial charge in [-0.05, 0) is 13.5 Å². The SMILES string of the molecule is CNCC(=O)C(C)CCOC. The van der Waals surface area contributed by atoms with E-state index in [-0.39, 0.29) is 11.7 Å². The molecule has 3 heteroatoms. The molecule has 0 spiro atoms. The molecule has 0 saturated heterocycles. The predicted molar refractivity (Wildman–Crippen MR) is 44.6 cm³/mol. The van der Waals surface area contributed by atoms with Crippen LogP contribution in [0.4, 0.5) is 0 Å². The van der Waals surface area contributed by atoms with Gasteiger partial charge in [0, 0.05) is 19.6 Å². The zero-order valence-corrected chi connectivity index (χ0v) is 7.52. The van der Waals surface area contributed by atoms with Gasteiger partial charge in [-0.3, -0.25) is 4.79 Å². The lowest BCUT2D eigenvalue weighted by Gasteiger charge is -2.08. The highest BCUT2D eigenvalue weighted by molar-refractivity contribution is 5.82. The fraction of sp³-hybridized carbons (Fsp3) is 0.875. The van der Waals surface area contributed by atoms with Crippen LogP contribution in [0, 0.1) is 5.92 Å². The number of carbonyl (C=O) groups is 1. The van der Waals surface area contributed by atoms with Crippen molar-refractivity contribution in [3.63, 3.8) is 0 Å². The lowest BCUT2D eigenvalue weighted by atomic mass is 10.0. The van der Waals surface area contributed by atoms with Gasteiger partial charge in [-0.25, -0.2) is 0 Å². The van der Waals surface area contributed by atoms with Crippen molar-refractivity contribution in [3.05, 3.63) is 0 Å². The summed E-state index contributed by atoms with van der Waals surface area (Å²) in [4.78, 5) is 11.1. The molecule has 11 heavy (non-hydrogen) atoms. The number of rotatable bonds is 6. The van der Waals surface area contributed by atoms with Crippen LogP contribution in [0.3, 0.4) is 0 Å². The Morgan fingerprint density at radius 1 is 1.64 bits per heavy atom. The number of ketones is 1. The normalized spacial score (nSPS) is 13.0. The highest BCUT2D eigenvalue weighted by Gasteiger charge is 2.10. The Hall–Kier alpha value is -0.410. The van der Waals surface area contributed by atoms with Gasteiger partial charge in [0.2, 0.25) is 0 Å². The van der Waals surface area contributed by atoms with Crippen molar-refractivity contribution in [2.45, 2.75) is 13.3 Å². The number of likely N-dealkylation sites (N-methyl/N-ethyl adjacent to an activating group) is 1. The molecule has 0 radical (unpaired) electrons. The summed E-state index contributed by atoms with van der Waals surface area (Å²) in [6.07, 6.45) is 0.816. The van der Waals surface area contributed by atoms with E-state index in [9.17, 15) is 4.79 Å². The molecular formula is C8H17NO2. The summed E-state index contributed by atoms with van der Waals surface area (Å²) in [6, 6.07) is 0. The van der Waals surface area contributed by atoms with Crippen LogP contribution in [0.2, 0.25) is 0 Å². The first-order valence-corrected chi connectivity index (χ1v) is 3.88. The maximum Gasteiger partial charge on any atom is 0.149 e. The zero-order chi connectivity index (χ0) is 8.69. The van der Waals surface area contributed by atoms with E-state index in [2.05, 4.69) is 5.32 Å². The predicted octanol–water partition coefficient (Wildman–Crippen LogP) is 0.447. The molecular weight excluding hydrogens is 142 g/mol. The third-order valence-corrected chi connectivity index (χ3v) is 1.66. The van der Waals surface area contributed by atoms with Crippen molar-refractivity contribution in [1.82, 2.24) is 5.32 Å². The highest BCUT2D eigenvalue weighted by Crippen LogP contribution is 2.02. The molecule has 0 aliphatic rings. The standard InChI is InChI=1S/C8H17NO2/c1-7(4-5-11-3)8(10)6-9-2/h7,9H,4-6H2,1-3H3. The number of ether oxygens (including phenoxy) is 1. The first kappa shape index (κ1) is 10.6. The van der Waals surface area contributed by atoms with E-state index in [1.165, 1.54) is 0 Å². The molecule has 3 nitrogen and oxygen atoms in total. The Morgan fingerprint density at radius 2 is 2.27 bits per heavy atom. The molecule has 0 aliphatic heterocycles. The fourth-order valence-electron chi connectivity index (χ4n) is 0.804. The molecule has 0 saturated carbocycles.